The van der Waals surface area contributed by atoms with Crippen LogP contribution in [0.25, 0.3) is 0 Å². The van der Waals surface area contributed by atoms with Crippen molar-refractivity contribution < 1.29 is 13.2 Å². The zero-order valence-electron chi connectivity index (χ0n) is 12.2. The second-order valence-electron chi connectivity index (χ2n) is 5.68. The average Bonchev–Trinajstić information content (AvgIpc) is 3.07. The highest BCUT2D eigenvalue weighted by Crippen LogP contribution is 2.30. The van der Waals surface area contributed by atoms with E-state index in [9.17, 15) is 13.2 Å². The lowest BCUT2D eigenvalue weighted by Gasteiger charge is -2.29. The van der Waals surface area contributed by atoms with Gasteiger partial charge in [-0.2, -0.15) is 0 Å². The van der Waals surface area contributed by atoms with Crippen LogP contribution in [0.1, 0.15) is 31.1 Å². The topological polar surface area (TPSA) is 54.5 Å². The Kier molecular flexibility index (Phi) is 5.33. The minimum Gasteiger partial charge on any atom is -0.336 e. The van der Waals surface area contributed by atoms with Crippen LogP contribution in [-0.4, -0.2) is 43.3 Å². The molecule has 0 bridgehead atoms. The Hall–Kier alpha value is -0.590. The molecule has 1 aromatic rings. The monoisotopic (exact) mass is 349 g/mol. The van der Waals surface area contributed by atoms with Crippen molar-refractivity contribution in [1.82, 2.24) is 4.90 Å². The standard InChI is InChI=1S/C14H20ClNO3S2/c1-10(9-21(2,18)19)16(11-3-4-11)14(17)8-6-12-5-7-13(15)20-12/h5,7,10-11H,3-4,6,8-9H2,1-2H3. The summed E-state index contributed by atoms with van der Waals surface area (Å²) >= 11 is 7.36. The molecule has 1 heterocycles. The third-order valence-electron chi connectivity index (χ3n) is 3.46. The number of nitrogens with zero attached hydrogens (tertiary/aromatic N) is 1. The molecular weight excluding hydrogens is 330 g/mol. The summed E-state index contributed by atoms with van der Waals surface area (Å²) in [7, 11) is -3.08. The Morgan fingerprint density at radius 3 is 2.62 bits per heavy atom. The highest BCUT2D eigenvalue weighted by Gasteiger charge is 2.36. The number of hydrogen-bond acceptors (Lipinski definition) is 4. The van der Waals surface area contributed by atoms with E-state index in [1.165, 1.54) is 17.6 Å². The summed E-state index contributed by atoms with van der Waals surface area (Å²) < 4.78 is 23.6. The van der Waals surface area contributed by atoms with E-state index in [-0.39, 0.29) is 23.7 Å². The summed E-state index contributed by atoms with van der Waals surface area (Å²) in [6, 6.07) is 3.73. The summed E-state index contributed by atoms with van der Waals surface area (Å²) in [5.74, 6) is 0.0678. The third-order valence-corrected chi connectivity index (χ3v) is 5.84. The van der Waals surface area contributed by atoms with Crippen LogP contribution in [0.4, 0.5) is 0 Å². The quantitative estimate of drug-likeness (QED) is 0.760. The molecule has 0 aromatic carbocycles. The molecule has 1 aromatic heterocycles. The van der Waals surface area contributed by atoms with Crippen molar-refractivity contribution >= 4 is 38.7 Å². The molecule has 0 radical (unpaired) electrons. The van der Waals surface area contributed by atoms with Crippen molar-refractivity contribution in [2.45, 2.75) is 44.7 Å². The zero-order valence-corrected chi connectivity index (χ0v) is 14.6. The Morgan fingerprint density at radius 1 is 1.48 bits per heavy atom. The van der Waals surface area contributed by atoms with Gasteiger partial charge in [0.2, 0.25) is 5.91 Å². The largest absolute Gasteiger partial charge is 0.336 e. The van der Waals surface area contributed by atoms with Gasteiger partial charge in [-0.25, -0.2) is 8.42 Å². The molecule has 0 saturated heterocycles. The minimum atomic E-state index is -3.08. The molecule has 0 spiro atoms. The molecule has 0 N–H and O–H groups in total. The van der Waals surface area contributed by atoms with Crippen molar-refractivity contribution in [2.24, 2.45) is 0 Å². The van der Waals surface area contributed by atoms with Gasteiger partial charge in [0, 0.05) is 29.6 Å². The molecule has 21 heavy (non-hydrogen) atoms. The van der Waals surface area contributed by atoms with Crippen molar-refractivity contribution in [2.75, 3.05) is 12.0 Å². The first-order chi connectivity index (χ1) is 9.76. The fraction of sp³-hybridized carbons (Fsp3) is 0.643. The van der Waals surface area contributed by atoms with Gasteiger partial charge in [0.25, 0.3) is 0 Å². The summed E-state index contributed by atoms with van der Waals surface area (Å²) in [5.41, 5.74) is 0. The van der Waals surface area contributed by atoms with E-state index >= 15 is 0 Å². The van der Waals surface area contributed by atoms with Crippen LogP contribution in [0.15, 0.2) is 12.1 Å². The van der Waals surface area contributed by atoms with Gasteiger partial charge in [0.1, 0.15) is 9.84 Å². The zero-order chi connectivity index (χ0) is 15.6. The molecule has 7 heteroatoms. The maximum atomic E-state index is 12.4. The average molecular weight is 350 g/mol. The maximum absolute atomic E-state index is 12.4. The first-order valence-corrected chi connectivity index (χ1v) is 10.2. The lowest BCUT2D eigenvalue weighted by atomic mass is 10.2. The summed E-state index contributed by atoms with van der Waals surface area (Å²) in [5, 5.41) is 0. The highest BCUT2D eigenvalue weighted by atomic mass is 35.5. The van der Waals surface area contributed by atoms with Crippen LogP contribution < -0.4 is 0 Å². The Balaban J connectivity index is 1.96. The van der Waals surface area contributed by atoms with Crippen molar-refractivity contribution in [3.63, 3.8) is 0 Å². The SMILES string of the molecule is CC(CS(C)(=O)=O)N(C(=O)CCc1ccc(Cl)s1)C1CC1. The molecule has 1 atom stereocenters. The molecule has 1 unspecified atom stereocenters. The van der Waals surface area contributed by atoms with E-state index in [0.717, 1.165) is 22.1 Å². The van der Waals surface area contributed by atoms with Gasteiger partial charge in [-0.3, -0.25) is 4.79 Å². The first-order valence-electron chi connectivity index (χ1n) is 6.99. The van der Waals surface area contributed by atoms with Gasteiger partial charge in [0.05, 0.1) is 10.1 Å². The summed E-state index contributed by atoms with van der Waals surface area (Å²) in [6.45, 7) is 1.82. The van der Waals surface area contributed by atoms with Gasteiger partial charge in [-0.15, -0.1) is 11.3 Å². The summed E-state index contributed by atoms with van der Waals surface area (Å²) in [6.07, 6.45) is 4.23. The van der Waals surface area contributed by atoms with Crippen molar-refractivity contribution in [1.29, 1.82) is 0 Å². The van der Waals surface area contributed by atoms with E-state index in [4.69, 9.17) is 11.6 Å². The maximum Gasteiger partial charge on any atom is 0.223 e. The smallest absolute Gasteiger partial charge is 0.223 e. The second-order valence-corrected chi connectivity index (χ2v) is 9.66. The fourth-order valence-electron chi connectivity index (χ4n) is 2.53. The first kappa shape index (κ1) is 16.8. The van der Waals surface area contributed by atoms with Gasteiger partial charge >= 0.3 is 0 Å². The van der Waals surface area contributed by atoms with Crippen LogP contribution in [0, 0.1) is 0 Å². The van der Waals surface area contributed by atoms with Crippen LogP contribution in [0.5, 0.6) is 0 Å². The molecule has 1 fully saturated rings. The van der Waals surface area contributed by atoms with Gasteiger partial charge in [-0.05, 0) is 38.3 Å². The molecule has 1 saturated carbocycles. The van der Waals surface area contributed by atoms with Crippen LogP contribution in [-0.2, 0) is 21.1 Å². The molecule has 1 amide bonds. The Morgan fingerprint density at radius 2 is 2.14 bits per heavy atom. The number of sulfone groups is 1. The van der Waals surface area contributed by atoms with E-state index in [1.54, 1.807) is 4.90 Å². The number of amides is 1. The molecule has 4 nitrogen and oxygen atoms in total. The number of thiophene rings is 1. The second kappa shape index (κ2) is 6.67. The molecule has 118 valence electrons. The number of hydrogen-bond donors (Lipinski definition) is 0. The fourth-order valence-corrected chi connectivity index (χ4v) is 4.65. The van der Waals surface area contributed by atoms with E-state index in [0.29, 0.717) is 12.8 Å². The summed E-state index contributed by atoms with van der Waals surface area (Å²) in [4.78, 5) is 15.3. The number of carbonyl (C=O) groups excluding carboxylic acids is 1. The van der Waals surface area contributed by atoms with Gasteiger partial charge in [0.15, 0.2) is 0 Å². The Bertz CT molecular complexity index is 607. The highest BCUT2D eigenvalue weighted by molar-refractivity contribution is 7.90. The number of rotatable bonds is 7. The molecule has 1 aliphatic rings. The normalized spacial score (nSPS) is 16.7. The van der Waals surface area contributed by atoms with Crippen LogP contribution in [0.2, 0.25) is 4.34 Å². The lowest BCUT2D eigenvalue weighted by Crippen LogP contribution is -2.43. The number of carbonyl (C=O) groups is 1. The van der Waals surface area contributed by atoms with E-state index in [1.807, 2.05) is 19.1 Å². The third kappa shape index (κ3) is 5.27. The van der Waals surface area contributed by atoms with Crippen molar-refractivity contribution in [3.05, 3.63) is 21.3 Å². The van der Waals surface area contributed by atoms with Gasteiger partial charge in [-0.1, -0.05) is 11.6 Å². The molecule has 1 aliphatic carbocycles. The minimum absolute atomic E-state index is 0.0278. The van der Waals surface area contributed by atoms with Crippen LogP contribution >= 0.6 is 22.9 Å². The Labute approximate surface area is 135 Å². The van der Waals surface area contributed by atoms with Gasteiger partial charge < -0.3 is 4.90 Å². The molecule has 0 aliphatic heterocycles. The van der Waals surface area contributed by atoms with E-state index in [2.05, 4.69) is 0 Å². The molecular formula is C14H20ClNO3S2. The predicted molar refractivity (Wildman–Crippen MR) is 86.7 cm³/mol. The molecule has 2 rings (SSSR count). The predicted octanol–water partition coefficient (Wildman–Crippen LogP) is 2.76. The van der Waals surface area contributed by atoms with Crippen LogP contribution in [0.3, 0.4) is 0 Å². The number of aryl methyl sites for hydroxylation is 1. The van der Waals surface area contributed by atoms with E-state index < -0.39 is 9.84 Å². The number of halogens is 1. The van der Waals surface area contributed by atoms with Crippen molar-refractivity contribution in [3.8, 4) is 0 Å². The lowest BCUT2D eigenvalue weighted by molar-refractivity contribution is -0.133.